The molecule has 6 rings (SSSR count). The first kappa shape index (κ1) is 28.3. The van der Waals surface area contributed by atoms with Crippen LogP contribution in [0, 0.1) is 26.0 Å². The van der Waals surface area contributed by atoms with Crippen molar-refractivity contribution in [2.75, 3.05) is 0 Å². The van der Waals surface area contributed by atoms with Gasteiger partial charge in [0, 0.05) is 43.6 Å². The van der Waals surface area contributed by atoms with Gasteiger partial charge in [0.05, 0.1) is 5.82 Å². The van der Waals surface area contributed by atoms with Crippen molar-refractivity contribution in [1.29, 1.82) is 0 Å². The summed E-state index contributed by atoms with van der Waals surface area (Å²) in [7, 11) is 0. The van der Waals surface area contributed by atoms with E-state index in [1.807, 2.05) is 54.9 Å². The average Bonchev–Trinajstić information content (AvgIpc) is 2.95. The van der Waals surface area contributed by atoms with Crippen LogP contribution in [0.15, 0.2) is 97.3 Å². The third kappa shape index (κ3) is 6.30. The fourth-order valence-corrected chi connectivity index (χ4v) is 4.42. The Morgan fingerprint density at radius 3 is 2.31 bits per heavy atom. The third-order valence-electron chi connectivity index (χ3n) is 6.78. The minimum Gasteiger partial charge on any atom is -0.304 e. The van der Waals surface area contributed by atoms with E-state index in [4.69, 9.17) is 4.98 Å². The molecule has 0 saturated carbocycles. The van der Waals surface area contributed by atoms with Crippen LogP contribution in [0.1, 0.15) is 37.6 Å². The van der Waals surface area contributed by atoms with Gasteiger partial charge in [0.2, 0.25) is 0 Å². The number of pyridine rings is 1. The standard InChI is InChI=1S/C20H19N2.C15H12N.Ir/c1-20(2,3)18-12-13-21-19(22-18)17-11-7-10-16(14-17)15-8-5-4-6-9-15;1-10-5-7-14-13(11(10)2)8-6-12-4-3-9-16-15(12)14;/h4-10,12-14H,1-3H3;3-6,8-9H,1-2H3;/q2*-1;. The number of fused-ring (bicyclic) bond motifs is 3. The Morgan fingerprint density at radius 1 is 0.744 bits per heavy atom. The smallest absolute Gasteiger partial charge is 0.0751 e. The zero-order valence-corrected chi connectivity index (χ0v) is 25.3. The molecule has 0 aliphatic rings. The number of nitrogens with zero attached hydrogens (tertiary/aromatic N) is 3. The largest absolute Gasteiger partial charge is 0.304 e. The molecule has 2 heterocycles. The maximum Gasteiger partial charge on any atom is 0.0751 e. The fraction of sp³-hybridized carbons (Fsp3) is 0.171. The summed E-state index contributed by atoms with van der Waals surface area (Å²) in [6.07, 6.45) is 3.66. The van der Waals surface area contributed by atoms with Crippen molar-refractivity contribution in [2.24, 2.45) is 0 Å². The molecule has 0 unspecified atom stereocenters. The van der Waals surface area contributed by atoms with Gasteiger partial charge in [0.15, 0.2) is 0 Å². The van der Waals surface area contributed by atoms with Gasteiger partial charge >= 0.3 is 0 Å². The van der Waals surface area contributed by atoms with Crippen LogP contribution in [0.2, 0.25) is 0 Å². The second-order valence-electron chi connectivity index (χ2n) is 10.5. The van der Waals surface area contributed by atoms with Crippen molar-refractivity contribution < 1.29 is 20.1 Å². The van der Waals surface area contributed by atoms with Gasteiger partial charge in [0.1, 0.15) is 0 Å². The minimum absolute atomic E-state index is 0. The molecule has 6 aromatic rings. The number of aromatic nitrogens is 3. The zero-order chi connectivity index (χ0) is 26.7. The Labute approximate surface area is 244 Å². The molecule has 0 fully saturated rings. The first-order valence-electron chi connectivity index (χ1n) is 12.9. The van der Waals surface area contributed by atoms with Crippen molar-refractivity contribution >= 4 is 21.7 Å². The zero-order valence-electron chi connectivity index (χ0n) is 22.9. The molecule has 0 aliphatic carbocycles. The second kappa shape index (κ2) is 12.0. The predicted molar refractivity (Wildman–Crippen MR) is 158 cm³/mol. The van der Waals surface area contributed by atoms with E-state index in [9.17, 15) is 0 Å². The number of rotatable bonds is 2. The summed E-state index contributed by atoms with van der Waals surface area (Å²) in [5, 5.41) is 3.56. The molecule has 0 atom stereocenters. The Balaban J connectivity index is 0.000000184. The van der Waals surface area contributed by atoms with Crippen LogP contribution in [-0.4, -0.2) is 15.0 Å². The molecule has 3 nitrogen and oxygen atoms in total. The molecule has 0 spiro atoms. The van der Waals surface area contributed by atoms with E-state index in [1.54, 1.807) is 0 Å². The van der Waals surface area contributed by atoms with Gasteiger partial charge in [-0.3, -0.25) is 9.97 Å². The van der Waals surface area contributed by atoms with E-state index in [0.717, 1.165) is 33.5 Å². The molecule has 4 heteroatoms. The number of benzene rings is 4. The van der Waals surface area contributed by atoms with Gasteiger partial charge in [-0.2, -0.15) is 0 Å². The van der Waals surface area contributed by atoms with E-state index in [-0.39, 0.29) is 25.5 Å². The molecule has 0 bridgehead atoms. The quantitative estimate of drug-likeness (QED) is 0.135. The summed E-state index contributed by atoms with van der Waals surface area (Å²) in [6.45, 7) is 10.7. The maximum atomic E-state index is 4.71. The number of hydrogen-bond donors (Lipinski definition) is 0. The van der Waals surface area contributed by atoms with E-state index >= 15 is 0 Å². The molecule has 1 radical (unpaired) electrons. The van der Waals surface area contributed by atoms with Gasteiger partial charge in [-0.25, -0.2) is 0 Å². The van der Waals surface area contributed by atoms with Crippen LogP contribution in [0.25, 0.3) is 44.2 Å². The van der Waals surface area contributed by atoms with E-state index in [1.165, 1.54) is 27.5 Å². The molecular weight excluding hydrogens is 655 g/mol. The summed E-state index contributed by atoms with van der Waals surface area (Å²) in [4.78, 5) is 13.6. The molecular formula is C35H31IrN3-2. The first-order valence-corrected chi connectivity index (χ1v) is 12.9. The average molecular weight is 686 g/mol. The van der Waals surface area contributed by atoms with Crippen molar-refractivity contribution in [3.8, 4) is 22.5 Å². The Hall–Kier alpha value is -3.72. The molecule has 2 aromatic heterocycles. The van der Waals surface area contributed by atoms with E-state index < -0.39 is 0 Å². The van der Waals surface area contributed by atoms with Crippen LogP contribution in [0.3, 0.4) is 0 Å². The third-order valence-corrected chi connectivity index (χ3v) is 6.78. The SMILES string of the molecule is CC(C)(C)c1ccnc(-c2[c-]ccc(-c3ccccc3)c2)n1.Cc1c[c-]c2c(ccc3cccnc32)c1C.[Ir]. The van der Waals surface area contributed by atoms with Crippen molar-refractivity contribution in [1.82, 2.24) is 15.0 Å². The molecule has 0 N–H and O–H groups in total. The predicted octanol–water partition coefficient (Wildman–Crippen LogP) is 8.71. The number of aryl methyl sites for hydroxylation is 2. The molecule has 197 valence electrons. The normalized spacial score (nSPS) is 11.0. The minimum atomic E-state index is 0. The van der Waals surface area contributed by atoms with E-state index in [0.29, 0.717) is 0 Å². The maximum absolute atomic E-state index is 4.71. The molecule has 0 amide bonds. The van der Waals surface area contributed by atoms with E-state index in [2.05, 4.69) is 99.2 Å². The molecule has 39 heavy (non-hydrogen) atoms. The van der Waals surface area contributed by atoms with Crippen LogP contribution in [0.5, 0.6) is 0 Å². The van der Waals surface area contributed by atoms with Crippen molar-refractivity contribution in [2.45, 2.75) is 40.0 Å². The summed E-state index contributed by atoms with van der Waals surface area (Å²) < 4.78 is 0. The number of hydrogen-bond acceptors (Lipinski definition) is 3. The topological polar surface area (TPSA) is 38.7 Å². The second-order valence-corrected chi connectivity index (χ2v) is 10.5. The molecule has 0 aliphatic heterocycles. The Kier molecular flexibility index (Phi) is 8.70. The van der Waals surface area contributed by atoms with Gasteiger partial charge in [-0.15, -0.1) is 69.4 Å². The molecule has 0 saturated heterocycles. The van der Waals surface area contributed by atoms with Gasteiger partial charge < -0.3 is 4.98 Å². The Bertz CT molecular complexity index is 1720. The summed E-state index contributed by atoms with van der Waals surface area (Å²) in [6, 6.07) is 35.4. The first-order chi connectivity index (χ1) is 18.3. The summed E-state index contributed by atoms with van der Waals surface area (Å²) in [5.74, 6) is 0.727. The van der Waals surface area contributed by atoms with Crippen LogP contribution >= 0.6 is 0 Å². The Morgan fingerprint density at radius 2 is 1.54 bits per heavy atom. The molecule has 4 aromatic carbocycles. The van der Waals surface area contributed by atoms with Crippen LogP contribution in [0.4, 0.5) is 0 Å². The summed E-state index contributed by atoms with van der Waals surface area (Å²) in [5.41, 5.74) is 7.95. The van der Waals surface area contributed by atoms with Gasteiger partial charge in [-0.1, -0.05) is 83.1 Å². The van der Waals surface area contributed by atoms with Crippen molar-refractivity contribution in [3.05, 3.63) is 126 Å². The van der Waals surface area contributed by atoms with Gasteiger partial charge in [0.25, 0.3) is 0 Å². The summed E-state index contributed by atoms with van der Waals surface area (Å²) >= 11 is 0. The fourth-order valence-electron chi connectivity index (χ4n) is 4.42. The van der Waals surface area contributed by atoms with Gasteiger partial charge in [-0.05, 0) is 28.6 Å². The van der Waals surface area contributed by atoms with Crippen LogP contribution < -0.4 is 0 Å². The van der Waals surface area contributed by atoms with Crippen molar-refractivity contribution in [3.63, 3.8) is 0 Å². The monoisotopic (exact) mass is 686 g/mol. The van der Waals surface area contributed by atoms with Crippen LogP contribution in [-0.2, 0) is 25.5 Å².